The first-order valence-corrected chi connectivity index (χ1v) is 10.2. The normalized spacial score (nSPS) is 14.9. The summed E-state index contributed by atoms with van der Waals surface area (Å²) in [6.07, 6.45) is 3.42. The van der Waals surface area contributed by atoms with Crippen LogP contribution in [-0.4, -0.2) is 68.3 Å². The standard InChI is InChI=1S/C19H25N5O2S/c1-3-16-7-4-5-8-17(16)24-14-20-21-19(24)27-13-18(26)23-10-6-9-22(11-12-23)15(2)25/h4-5,7-8,14H,3,6,9-13H2,1-2H3. The first-order valence-electron chi connectivity index (χ1n) is 9.24. The van der Waals surface area contributed by atoms with Crippen LogP contribution in [0.1, 0.15) is 25.8 Å². The van der Waals surface area contributed by atoms with Gasteiger partial charge in [-0.05, 0) is 24.5 Å². The Morgan fingerprint density at radius 2 is 1.85 bits per heavy atom. The third-order valence-electron chi connectivity index (χ3n) is 4.77. The second-order valence-corrected chi connectivity index (χ2v) is 7.44. The number of thioether (sulfide) groups is 1. The summed E-state index contributed by atoms with van der Waals surface area (Å²) in [5.41, 5.74) is 2.26. The summed E-state index contributed by atoms with van der Waals surface area (Å²) < 4.78 is 1.94. The van der Waals surface area contributed by atoms with Gasteiger partial charge in [0, 0.05) is 33.1 Å². The number of hydrogen-bond acceptors (Lipinski definition) is 5. The molecule has 2 heterocycles. The molecule has 0 spiro atoms. The third-order valence-corrected chi connectivity index (χ3v) is 5.70. The van der Waals surface area contributed by atoms with Crippen LogP contribution in [-0.2, 0) is 16.0 Å². The number of benzene rings is 1. The number of carbonyl (C=O) groups is 2. The van der Waals surface area contributed by atoms with E-state index in [1.807, 2.05) is 27.7 Å². The van der Waals surface area contributed by atoms with Crippen molar-refractivity contribution in [1.82, 2.24) is 24.6 Å². The molecular weight excluding hydrogens is 362 g/mol. The van der Waals surface area contributed by atoms with Crippen molar-refractivity contribution in [3.63, 3.8) is 0 Å². The van der Waals surface area contributed by atoms with Gasteiger partial charge in [-0.3, -0.25) is 14.2 Å². The molecule has 0 N–H and O–H groups in total. The predicted octanol–water partition coefficient (Wildman–Crippen LogP) is 2.00. The minimum Gasteiger partial charge on any atom is -0.341 e. The van der Waals surface area contributed by atoms with Gasteiger partial charge >= 0.3 is 0 Å². The Morgan fingerprint density at radius 3 is 2.63 bits per heavy atom. The Bertz CT molecular complexity index is 807. The molecule has 27 heavy (non-hydrogen) atoms. The number of aromatic nitrogens is 3. The number of carbonyl (C=O) groups excluding carboxylic acids is 2. The van der Waals surface area contributed by atoms with Crippen LogP contribution in [0.2, 0.25) is 0 Å². The molecule has 7 nitrogen and oxygen atoms in total. The lowest BCUT2D eigenvalue weighted by molar-refractivity contribution is -0.130. The van der Waals surface area contributed by atoms with E-state index in [0.29, 0.717) is 37.1 Å². The maximum absolute atomic E-state index is 12.6. The van der Waals surface area contributed by atoms with Crippen molar-refractivity contribution in [2.24, 2.45) is 0 Å². The van der Waals surface area contributed by atoms with Crippen LogP contribution >= 0.6 is 11.8 Å². The topological polar surface area (TPSA) is 71.3 Å². The molecule has 0 atom stereocenters. The van der Waals surface area contributed by atoms with E-state index in [4.69, 9.17) is 0 Å². The molecule has 1 aromatic heterocycles. The van der Waals surface area contributed by atoms with Gasteiger partial charge in [-0.25, -0.2) is 0 Å². The molecular formula is C19H25N5O2S. The first kappa shape index (κ1) is 19.4. The van der Waals surface area contributed by atoms with Gasteiger partial charge in [-0.1, -0.05) is 36.9 Å². The SMILES string of the molecule is CCc1ccccc1-n1cnnc1SCC(=O)N1CCCN(C(C)=O)CC1. The van der Waals surface area contributed by atoms with Gasteiger partial charge in [0.05, 0.1) is 11.4 Å². The zero-order chi connectivity index (χ0) is 19.2. The van der Waals surface area contributed by atoms with Gasteiger partial charge in [0.15, 0.2) is 5.16 Å². The van der Waals surface area contributed by atoms with Crippen molar-refractivity contribution in [3.8, 4) is 5.69 Å². The Kier molecular flexibility index (Phi) is 6.49. The van der Waals surface area contributed by atoms with Gasteiger partial charge in [-0.15, -0.1) is 10.2 Å². The van der Waals surface area contributed by atoms with Crippen LogP contribution in [0.15, 0.2) is 35.7 Å². The lowest BCUT2D eigenvalue weighted by Crippen LogP contribution is -2.37. The summed E-state index contributed by atoms with van der Waals surface area (Å²) in [7, 11) is 0. The minimum atomic E-state index is 0.0707. The van der Waals surface area contributed by atoms with Gasteiger partial charge in [-0.2, -0.15) is 0 Å². The molecule has 1 aliphatic heterocycles. The third kappa shape index (κ3) is 4.68. The van der Waals surface area contributed by atoms with E-state index in [0.717, 1.165) is 18.5 Å². The molecule has 0 aliphatic carbocycles. The van der Waals surface area contributed by atoms with Crippen molar-refractivity contribution >= 4 is 23.6 Å². The van der Waals surface area contributed by atoms with Crippen LogP contribution in [0.25, 0.3) is 5.69 Å². The Hall–Kier alpha value is -2.35. The van der Waals surface area contributed by atoms with E-state index in [2.05, 4.69) is 23.2 Å². The molecule has 1 aliphatic rings. The molecule has 1 aromatic carbocycles. The Morgan fingerprint density at radius 1 is 1.11 bits per heavy atom. The van der Waals surface area contributed by atoms with E-state index in [-0.39, 0.29) is 11.8 Å². The largest absolute Gasteiger partial charge is 0.341 e. The molecule has 2 amide bonds. The predicted molar refractivity (Wildman–Crippen MR) is 105 cm³/mol. The number of hydrogen-bond donors (Lipinski definition) is 0. The number of nitrogens with zero attached hydrogens (tertiary/aromatic N) is 5. The molecule has 1 saturated heterocycles. The van der Waals surface area contributed by atoms with Crippen LogP contribution in [0.5, 0.6) is 0 Å². The molecule has 2 aromatic rings. The molecule has 1 fully saturated rings. The summed E-state index contributed by atoms with van der Waals surface area (Å²) >= 11 is 1.40. The highest BCUT2D eigenvalue weighted by Crippen LogP contribution is 2.23. The fourth-order valence-electron chi connectivity index (χ4n) is 3.23. The fourth-order valence-corrected chi connectivity index (χ4v) is 4.06. The minimum absolute atomic E-state index is 0.0707. The molecule has 0 unspecified atom stereocenters. The second kappa shape index (κ2) is 9.03. The summed E-state index contributed by atoms with van der Waals surface area (Å²) in [4.78, 5) is 27.8. The zero-order valence-electron chi connectivity index (χ0n) is 15.8. The molecule has 0 bridgehead atoms. The quantitative estimate of drug-likeness (QED) is 0.734. The zero-order valence-corrected chi connectivity index (χ0v) is 16.6. The maximum Gasteiger partial charge on any atom is 0.233 e. The van der Waals surface area contributed by atoms with E-state index < -0.39 is 0 Å². The van der Waals surface area contributed by atoms with Crippen LogP contribution in [0, 0.1) is 0 Å². The van der Waals surface area contributed by atoms with Gasteiger partial charge in [0.25, 0.3) is 0 Å². The smallest absolute Gasteiger partial charge is 0.233 e. The number of aryl methyl sites for hydroxylation is 1. The molecule has 144 valence electrons. The fraction of sp³-hybridized carbons (Fsp3) is 0.474. The van der Waals surface area contributed by atoms with Crippen molar-refractivity contribution in [1.29, 1.82) is 0 Å². The number of amides is 2. The highest BCUT2D eigenvalue weighted by Gasteiger charge is 2.21. The van der Waals surface area contributed by atoms with Crippen LogP contribution in [0.4, 0.5) is 0 Å². The lowest BCUT2D eigenvalue weighted by Gasteiger charge is -2.21. The van der Waals surface area contributed by atoms with Crippen LogP contribution < -0.4 is 0 Å². The summed E-state index contributed by atoms with van der Waals surface area (Å²) in [5.74, 6) is 0.456. The maximum atomic E-state index is 12.6. The Balaban J connectivity index is 1.63. The van der Waals surface area contributed by atoms with Crippen molar-refractivity contribution in [2.45, 2.75) is 31.8 Å². The average Bonchev–Trinajstić information content (AvgIpc) is 3.00. The highest BCUT2D eigenvalue weighted by molar-refractivity contribution is 7.99. The molecule has 3 rings (SSSR count). The van der Waals surface area contributed by atoms with Gasteiger partial charge in [0.1, 0.15) is 6.33 Å². The number of rotatable bonds is 5. The van der Waals surface area contributed by atoms with Gasteiger partial charge in [0.2, 0.25) is 11.8 Å². The van der Waals surface area contributed by atoms with E-state index in [1.54, 1.807) is 18.2 Å². The van der Waals surface area contributed by atoms with E-state index in [9.17, 15) is 9.59 Å². The average molecular weight is 388 g/mol. The lowest BCUT2D eigenvalue weighted by atomic mass is 10.1. The van der Waals surface area contributed by atoms with Crippen LogP contribution in [0.3, 0.4) is 0 Å². The Labute approximate surface area is 163 Å². The number of para-hydroxylation sites is 1. The van der Waals surface area contributed by atoms with E-state index in [1.165, 1.54) is 17.3 Å². The highest BCUT2D eigenvalue weighted by atomic mass is 32.2. The molecule has 0 saturated carbocycles. The van der Waals surface area contributed by atoms with Crippen molar-refractivity contribution in [2.75, 3.05) is 31.9 Å². The molecule has 0 radical (unpaired) electrons. The second-order valence-electron chi connectivity index (χ2n) is 6.49. The summed E-state index contributed by atoms with van der Waals surface area (Å²) in [6, 6.07) is 8.14. The molecule has 8 heteroatoms. The van der Waals surface area contributed by atoms with E-state index >= 15 is 0 Å². The summed E-state index contributed by atoms with van der Waals surface area (Å²) in [6.45, 7) is 6.29. The van der Waals surface area contributed by atoms with Crippen molar-refractivity contribution in [3.05, 3.63) is 36.2 Å². The van der Waals surface area contributed by atoms with Gasteiger partial charge < -0.3 is 9.80 Å². The summed E-state index contributed by atoms with van der Waals surface area (Å²) in [5, 5.41) is 8.94. The van der Waals surface area contributed by atoms with Crippen molar-refractivity contribution < 1.29 is 9.59 Å². The first-order chi connectivity index (χ1) is 13.1. The monoisotopic (exact) mass is 387 g/mol.